The fourth-order valence-corrected chi connectivity index (χ4v) is 4.47. The molecular weight excluding hydrogens is 446 g/mol. The van der Waals surface area contributed by atoms with Gasteiger partial charge in [-0.3, -0.25) is 10.1 Å². The van der Waals surface area contributed by atoms with E-state index in [1.54, 1.807) is 7.11 Å². The van der Waals surface area contributed by atoms with Gasteiger partial charge in [-0.2, -0.15) is 0 Å². The number of carbonyl (C=O) groups excluding carboxylic acids is 1. The summed E-state index contributed by atoms with van der Waals surface area (Å²) in [6.45, 7) is 0.999. The predicted molar refractivity (Wildman–Crippen MR) is 126 cm³/mol. The van der Waals surface area contributed by atoms with Crippen molar-refractivity contribution in [3.8, 4) is 27.7 Å². The van der Waals surface area contributed by atoms with Crippen LogP contribution in [0, 0.1) is 0 Å². The second kappa shape index (κ2) is 10.4. The quantitative estimate of drug-likeness (QED) is 0.360. The van der Waals surface area contributed by atoms with Crippen LogP contribution in [0.5, 0.6) is 5.75 Å². The highest BCUT2D eigenvalue weighted by Crippen LogP contribution is 2.28. The van der Waals surface area contributed by atoms with Gasteiger partial charge in [0, 0.05) is 24.2 Å². The van der Waals surface area contributed by atoms with Crippen molar-refractivity contribution in [3.63, 3.8) is 0 Å². The highest BCUT2D eigenvalue weighted by atomic mass is 32.2. The van der Waals surface area contributed by atoms with Gasteiger partial charge >= 0.3 is 0 Å². The van der Waals surface area contributed by atoms with Crippen LogP contribution in [0.4, 0.5) is 5.13 Å². The number of hydrogen-bond donors (Lipinski definition) is 2. The van der Waals surface area contributed by atoms with E-state index in [0.29, 0.717) is 28.4 Å². The number of benzene rings is 2. The molecule has 32 heavy (non-hydrogen) atoms. The third-order valence-electron chi connectivity index (χ3n) is 4.44. The Kier molecular flexibility index (Phi) is 7.10. The van der Waals surface area contributed by atoms with E-state index in [4.69, 9.17) is 10.5 Å². The SMILES string of the molecule is COc1ccc(-c2nnc(NC(=O)CSc3nnc(-c4ccccc4)n3CCN)s2)cc1. The number of thioether (sulfide) groups is 1. The fourth-order valence-electron chi connectivity index (χ4n) is 2.94. The molecule has 1 amide bonds. The van der Waals surface area contributed by atoms with Crippen molar-refractivity contribution in [2.45, 2.75) is 11.7 Å². The van der Waals surface area contributed by atoms with Crippen molar-refractivity contribution >= 4 is 34.1 Å². The topological polar surface area (TPSA) is 121 Å². The predicted octanol–water partition coefficient (Wildman–Crippen LogP) is 3.16. The number of amides is 1. The molecule has 0 aliphatic rings. The lowest BCUT2D eigenvalue weighted by molar-refractivity contribution is -0.113. The first-order chi connectivity index (χ1) is 15.7. The summed E-state index contributed by atoms with van der Waals surface area (Å²) in [5.41, 5.74) is 7.63. The number of rotatable bonds is 9. The molecule has 0 saturated carbocycles. The van der Waals surface area contributed by atoms with Crippen LogP contribution in [0.3, 0.4) is 0 Å². The zero-order valence-corrected chi connectivity index (χ0v) is 18.9. The minimum Gasteiger partial charge on any atom is -0.497 e. The summed E-state index contributed by atoms with van der Waals surface area (Å²) >= 11 is 2.61. The lowest BCUT2D eigenvalue weighted by Gasteiger charge is -2.08. The molecule has 3 N–H and O–H groups in total. The maximum Gasteiger partial charge on any atom is 0.236 e. The first-order valence-corrected chi connectivity index (χ1v) is 11.6. The summed E-state index contributed by atoms with van der Waals surface area (Å²) in [7, 11) is 1.62. The number of aromatic nitrogens is 5. The van der Waals surface area contributed by atoms with Crippen LogP contribution in [0.2, 0.25) is 0 Å². The minimum absolute atomic E-state index is 0.162. The molecule has 2 aromatic carbocycles. The Morgan fingerprint density at radius 3 is 2.56 bits per heavy atom. The number of ether oxygens (including phenoxy) is 1. The lowest BCUT2D eigenvalue weighted by Crippen LogP contribution is -2.16. The maximum atomic E-state index is 12.5. The molecule has 4 rings (SSSR count). The summed E-state index contributed by atoms with van der Waals surface area (Å²) < 4.78 is 7.10. The van der Waals surface area contributed by atoms with Gasteiger partial charge in [0.1, 0.15) is 10.8 Å². The van der Waals surface area contributed by atoms with E-state index < -0.39 is 0 Å². The Balaban J connectivity index is 1.39. The smallest absolute Gasteiger partial charge is 0.236 e. The Bertz CT molecular complexity index is 1180. The van der Waals surface area contributed by atoms with Gasteiger partial charge in [-0.05, 0) is 24.3 Å². The number of methoxy groups -OCH3 is 1. The normalized spacial score (nSPS) is 10.8. The third kappa shape index (κ3) is 5.13. The second-order valence-corrected chi connectivity index (χ2v) is 8.51. The molecule has 0 unspecified atom stereocenters. The molecule has 0 bridgehead atoms. The zero-order chi connectivity index (χ0) is 22.3. The number of anilines is 1. The van der Waals surface area contributed by atoms with Crippen molar-refractivity contribution in [3.05, 3.63) is 54.6 Å². The van der Waals surface area contributed by atoms with Gasteiger partial charge in [0.25, 0.3) is 0 Å². The molecule has 0 atom stereocenters. The van der Waals surface area contributed by atoms with Crippen LogP contribution in [0.25, 0.3) is 22.0 Å². The molecule has 2 heterocycles. The first kappa shape index (κ1) is 21.9. The maximum absolute atomic E-state index is 12.5. The summed E-state index contributed by atoms with van der Waals surface area (Å²) in [5, 5.41) is 21.4. The fraction of sp³-hybridized carbons (Fsp3) is 0.190. The molecule has 9 nitrogen and oxygen atoms in total. The van der Waals surface area contributed by atoms with Crippen LogP contribution in [-0.2, 0) is 11.3 Å². The van der Waals surface area contributed by atoms with E-state index in [0.717, 1.165) is 22.7 Å². The summed E-state index contributed by atoms with van der Waals surface area (Å²) in [5.74, 6) is 1.46. The molecule has 0 saturated heterocycles. The summed E-state index contributed by atoms with van der Waals surface area (Å²) in [6, 6.07) is 17.3. The average Bonchev–Trinajstić information content (AvgIpc) is 3.46. The highest BCUT2D eigenvalue weighted by molar-refractivity contribution is 7.99. The monoisotopic (exact) mass is 467 g/mol. The van der Waals surface area contributed by atoms with Gasteiger partial charge in [0.05, 0.1) is 12.9 Å². The minimum atomic E-state index is -0.198. The molecule has 4 aromatic rings. The zero-order valence-electron chi connectivity index (χ0n) is 17.3. The van der Waals surface area contributed by atoms with E-state index >= 15 is 0 Å². The lowest BCUT2D eigenvalue weighted by atomic mass is 10.2. The molecule has 11 heteroatoms. The third-order valence-corrected chi connectivity index (χ3v) is 6.30. The van der Waals surface area contributed by atoms with Crippen molar-refractivity contribution in [2.24, 2.45) is 5.73 Å². The van der Waals surface area contributed by atoms with E-state index in [1.807, 2.05) is 59.2 Å². The standard InChI is InChI=1S/C21H21N7O2S2/c1-30-16-9-7-15(8-10-16)19-25-26-20(32-19)23-17(29)13-31-21-27-24-18(28(21)12-11-22)14-5-3-2-4-6-14/h2-10H,11-13,22H2,1H3,(H,23,26,29). The average molecular weight is 468 g/mol. The Morgan fingerprint density at radius 2 is 1.84 bits per heavy atom. The molecule has 2 aromatic heterocycles. The molecule has 0 aliphatic heterocycles. The van der Waals surface area contributed by atoms with E-state index in [1.165, 1.54) is 23.1 Å². The van der Waals surface area contributed by atoms with E-state index in [2.05, 4.69) is 25.7 Å². The summed E-state index contributed by atoms with van der Waals surface area (Å²) in [6.07, 6.45) is 0. The molecule has 0 radical (unpaired) electrons. The molecule has 0 spiro atoms. The number of carbonyl (C=O) groups is 1. The number of hydrogen-bond acceptors (Lipinski definition) is 9. The number of nitrogens with one attached hydrogen (secondary N) is 1. The van der Waals surface area contributed by atoms with E-state index in [-0.39, 0.29) is 11.7 Å². The Hall–Kier alpha value is -3.28. The summed E-state index contributed by atoms with van der Waals surface area (Å²) in [4.78, 5) is 12.5. The van der Waals surface area contributed by atoms with Gasteiger partial charge in [-0.25, -0.2) is 0 Å². The van der Waals surface area contributed by atoms with Crippen LogP contribution < -0.4 is 15.8 Å². The molecular formula is C21H21N7O2S2. The van der Waals surface area contributed by atoms with Gasteiger partial charge in [-0.1, -0.05) is 53.4 Å². The Morgan fingerprint density at radius 1 is 1.06 bits per heavy atom. The van der Waals surface area contributed by atoms with Crippen LogP contribution in [0.1, 0.15) is 0 Å². The van der Waals surface area contributed by atoms with Crippen LogP contribution in [-0.4, -0.2) is 50.3 Å². The largest absolute Gasteiger partial charge is 0.497 e. The van der Waals surface area contributed by atoms with Crippen molar-refractivity contribution in [1.29, 1.82) is 0 Å². The van der Waals surface area contributed by atoms with Crippen molar-refractivity contribution in [2.75, 3.05) is 24.7 Å². The van der Waals surface area contributed by atoms with Crippen LogP contribution in [0.15, 0.2) is 59.8 Å². The highest BCUT2D eigenvalue weighted by Gasteiger charge is 2.16. The molecule has 0 aliphatic carbocycles. The van der Waals surface area contributed by atoms with Gasteiger partial charge in [-0.15, -0.1) is 20.4 Å². The number of nitrogens with zero attached hydrogens (tertiary/aromatic N) is 5. The first-order valence-electron chi connectivity index (χ1n) is 9.77. The van der Waals surface area contributed by atoms with E-state index in [9.17, 15) is 4.79 Å². The van der Waals surface area contributed by atoms with Gasteiger partial charge in [0.15, 0.2) is 11.0 Å². The van der Waals surface area contributed by atoms with Gasteiger partial charge < -0.3 is 15.0 Å². The van der Waals surface area contributed by atoms with Crippen LogP contribution >= 0.6 is 23.1 Å². The second-order valence-electron chi connectivity index (χ2n) is 6.59. The number of nitrogens with two attached hydrogens (primary N) is 1. The molecule has 164 valence electrons. The molecule has 0 fully saturated rings. The van der Waals surface area contributed by atoms with Gasteiger partial charge in [0.2, 0.25) is 11.0 Å². The van der Waals surface area contributed by atoms with Crippen molar-refractivity contribution in [1.82, 2.24) is 25.0 Å². The Labute approximate surface area is 193 Å². The van der Waals surface area contributed by atoms with Crippen molar-refractivity contribution < 1.29 is 9.53 Å².